The number of nitrogens with one attached hydrogen (secondary N) is 1. The fraction of sp³-hybridized carbons (Fsp3) is 0.192. The molecule has 0 radical (unpaired) electrons. The molecule has 0 saturated heterocycles. The first-order valence-electron chi connectivity index (χ1n) is 10.3. The van der Waals surface area contributed by atoms with Gasteiger partial charge in [-0.15, -0.1) is 11.8 Å². The molecule has 156 valence electrons. The summed E-state index contributed by atoms with van der Waals surface area (Å²) >= 11 is 1.47. The third-order valence-electron chi connectivity index (χ3n) is 5.12. The zero-order chi connectivity index (χ0) is 21.8. The number of carbonyl (C=O) groups is 1. The van der Waals surface area contributed by atoms with Gasteiger partial charge in [0.15, 0.2) is 0 Å². The first kappa shape index (κ1) is 21.1. The number of hydrogen-bond donors (Lipinski definition) is 1. The molecule has 5 heteroatoms. The van der Waals surface area contributed by atoms with Crippen molar-refractivity contribution in [2.24, 2.45) is 9.98 Å². The molecule has 4 rings (SSSR count). The molecule has 31 heavy (non-hydrogen) atoms. The normalized spacial score (nSPS) is 13.0. The molecule has 1 amide bonds. The van der Waals surface area contributed by atoms with E-state index < -0.39 is 0 Å². The predicted octanol–water partition coefficient (Wildman–Crippen LogP) is 6.54. The van der Waals surface area contributed by atoms with Gasteiger partial charge in [-0.2, -0.15) is 0 Å². The van der Waals surface area contributed by atoms with Crippen LogP contribution >= 0.6 is 11.8 Å². The molecule has 0 aromatic heterocycles. The lowest BCUT2D eigenvalue weighted by atomic mass is 10.1. The van der Waals surface area contributed by atoms with Crippen LogP contribution in [0, 0.1) is 20.8 Å². The van der Waals surface area contributed by atoms with E-state index in [0.717, 1.165) is 44.5 Å². The van der Waals surface area contributed by atoms with Crippen molar-refractivity contribution >= 4 is 45.5 Å². The second-order valence-electron chi connectivity index (χ2n) is 7.71. The van der Waals surface area contributed by atoms with Crippen LogP contribution in [0.1, 0.15) is 28.7 Å². The summed E-state index contributed by atoms with van der Waals surface area (Å²) in [6.07, 6.45) is 0.596. The summed E-state index contributed by atoms with van der Waals surface area (Å²) in [7, 11) is 0. The number of para-hydroxylation sites is 2. The summed E-state index contributed by atoms with van der Waals surface area (Å²) in [4.78, 5) is 22.4. The molecule has 0 bridgehead atoms. The van der Waals surface area contributed by atoms with Gasteiger partial charge in [-0.25, -0.2) is 4.99 Å². The third kappa shape index (κ3) is 5.12. The summed E-state index contributed by atoms with van der Waals surface area (Å²) in [6.45, 7) is 6.12. The van der Waals surface area contributed by atoms with E-state index in [-0.39, 0.29) is 5.91 Å². The van der Waals surface area contributed by atoms with Gasteiger partial charge in [-0.1, -0.05) is 60.2 Å². The summed E-state index contributed by atoms with van der Waals surface area (Å²) < 4.78 is 0. The number of aliphatic imine (C=N–C) groups is 2. The number of thioether (sulfide) groups is 1. The van der Waals surface area contributed by atoms with Gasteiger partial charge in [-0.3, -0.25) is 9.79 Å². The summed E-state index contributed by atoms with van der Waals surface area (Å²) in [5, 5.41) is 3.97. The van der Waals surface area contributed by atoms with Crippen LogP contribution < -0.4 is 5.32 Å². The van der Waals surface area contributed by atoms with E-state index in [1.165, 1.54) is 17.3 Å². The van der Waals surface area contributed by atoms with Crippen molar-refractivity contribution in [3.05, 3.63) is 89.0 Å². The Morgan fingerprint density at radius 3 is 2.19 bits per heavy atom. The minimum atomic E-state index is -0.0292. The Balaban J connectivity index is 1.52. The van der Waals surface area contributed by atoms with Gasteiger partial charge in [0, 0.05) is 12.1 Å². The molecular weight excluding hydrogens is 402 g/mol. The lowest BCUT2D eigenvalue weighted by Crippen LogP contribution is -2.17. The lowest BCUT2D eigenvalue weighted by Gasteiger charge is -2.13. The van der Waals surface area contributed by atoms with Crippen LogP contribution in [0.4, 0.5) is 17.1 Å². The van der Waals surface area contributed by atoms with Crippen LogP contribution in [0.25, 0.3) is 0 Å². The predicted molar refractivity (Wildman–Crippen MR) is 133 cm³/mol. The molecule has 0 atom stereocenters. The van der Waals surface area contributed by atoms with Crippen molar-refractivity contribution in [3.8, 4) is 0 Å². The third-order valence-corrected chi connectivity index (χ3v) is 6.09. The molecule has 0 spiro atoms. The van der Waals surface area contributed by atoms with Crippen LogP contribution in [0.3, 0.4) is 0 Å². The fourth-order valence-electron chi connectivity index (χ4n) is 3.74. The number of nitrogens with zero attached hydrogens (tertiary/aromatic N) is 2. The van der Waals surface area contributed by atoms with Gasteiger partial charge in [0.25, 0.3) is 0 Å². The molecule has 3 aromatic rings. The zero-order valence-corrected chi connectivity index (χ0v) is 18.8. The van der Waals surface area contributed by atoms with Gasteiger partial charge in [0.2, 0.25) is 5.91 Å². The van der Waals surface area contributed by atoms with Crippen molar-refractivity contribution in [3.63, 3.8) is 0 Å². The van der Waals surface area contributed by atoms with Crippen molar-refractivity contribution in [1.29, 1.82) is 0 Å². The Kier molecular flexibility index (Phi) is 6.33. The van der Waals surface area contributed by atoms with Gasteiger partial charge in [-0.05, 0) is 49.6 Å². The van der Waals surface area contributed by atoms with Crippen LogP contribution in [-0.2, 0) is 4.79 Å². The van der Waals surface area contributed by atoms with Gasteiger partial charge < -0.3 is 5.32 Å². The first-order chi connectivity index (χ1) is 15.0. The van der Waals surface area contributed by atoms with Crippen LogP contribution in [0.15, 0.2) is 76.7 Å². The molecule has 1 heterocycles. The van der Waals surface area contributed by atoms with Crippen molar-refractivity contribution in [2.75, 3.05) is 11.1 Å². The van der Waals surface area contributed by atoms with Crippen molar-refractivity contribution in [2.45, 2.75) is 27.2 Å². The number of rotatable bonds is 4. The lowest BCUT2D eigenvalue weighted by molar-refractivity contribution is -0.113. The molecule has 0 fully saturated rings. The molecule has 0 saturated carbocycles. The fourth-order valence-corrected chi connectivity index (χ4v) is 4.51. The molecule has 4 nitrogen and oxygen atoms in total. The maximum atomic E-state index is 12.7. The highest BCUT2D eigenvalue weighted by atomic mass is 32.2. The average molecular weight is 428 g/mol. The van der Waals surface area contributed by atoms with E-state index >= 15 is 0 Å². The van der Waals surface area contributed by atoms with E-state index in [4.69, 9.17) is 9.98 Å². The molecule has 1 aliphatic heterocycles. The molecule has 0 unspecified atom stereocenters. The maximum absolute atomic E-state index is 12.7. The van der Waals surface area contributed by atoms with Crippen LogP contribution in [0.2, 0.25) is 0 Å². The minimum Gasteiger partial charge on any atom is -0.325 e. The largest absolute Gasteiger partial charge is 0.325 e. The van der Waals surface area contributed by atoms with Gasteiger partial charge >= 0.3 is 0 Å². The summed E-state index contributed by atoms with van der Waals surface area (Å²) in [5.74, 6) is 0.272. The Morgan fingerprint density at radius 1 is 0.903 bits per heavy atom. The Bertz CT molecular complexity index is 1160. The first-order valence-corrected chi connectivity index (χ1v) is 11.3. The smallest absolute Gasteiger partial charge is 0.234 e. The van der Waals surface area contributed by atoms with Crippen molar-refractivity contribution in [1.82, 2.24) is 0 Å². The topological polar surface area (TPSA) is 53.8 Å². The number of amides is 1. The van der Waals surface area contributed by atoms with Crippen LogP contribution in [-0.4, -0.2) is 22.4 Å². The second-order valence-corrected chi connectivity index (χ2v) is 8.75. The highest BCUT2D eigenvalue weighted by Gasteiger charge is 2.17. The minimum absolute atomic E-state index is 0.0292. The number of benzene rings is 3. The Morgan fingerprint density at radius 2 is 1.52 bits per heavy atom. The molecule has 1 N–H and O–H groups in total. The average Bonchev–Trinajstić information content (AvgIpc) is 2.95. The van der Waals surface area contributed by atoms with E-state index in [1.807, 2.05) is 56.3 Å². The van der Waals surface area contributed by atoms with E-state index in [2.05, 4.69) is 36.5 Å². The van der Waals surface area contributed by atoms with Crippen LogP contribution in [0.5, 0.6) is 0 Å². The summed E-state index contributed by atoms with van der Waals surface area (Å²) in [5.41, 5.74) is 7.97. The highest BCUT2D eigenvalue weighted by molar-refractivity contribution is 8.14. The molecule has 0 aliphatic carbocycles. The standard InChI is InChI=1S/C26H25N3OS/c1-17-13-18(2)26(19(3)14-17)29-24(30)16-31-25-15-23(20-9-5-4-6-10-20)27-21-11-7-8-12-22(21)28-25/h4-14H,15-16H2,1-3H3,(H,29,30). The Hall–Kier alpha value is -3.18. The zero-order valence-electron chi connectivity index (χ0n) is 18.0. The number of carbonyl (C=O) groups excluding carboxylic acids is 1. The number of anilines is 1. The monoisotopic (exact) mass is 427 g/mol. The molecular formula is C26H25N3OS. The molecule has 3 aromatic carbocycles. The maximum Gasteiger partial charge on any atom is 0.234 e. The van der Waals surface area contributed by atoms with Gasteiger partial charge in [0.05, 0.1) is 27.9 Å². The highest BCUT2D eigenvalue weighted by Crippen LogP contribution is 2.33. The number of aryl methyl sites for hydroxylation is 3. The van der Waals surface area contributed by atoms with Gasteiger partial charge in [0.1, 0.15) is 0 Å². The Labute approximate surface area is 187 Å². The number of hydrogen-bond acceptors (Lipinski definition) is 4. The van der Waals surface area contributed by atoms with Crippen molar-refractivity contribution < 1.29 is 4.79 Å². The number of fused-ring (bicyclic) bond motifs is 1. The van der Waals surface area contributed by atoms with E-state index in [9.17, 15) is 4.79 Å². The molecule has 1 aliphatic rings. The second kappa shape index (κ2) is 9.31. The quantitative estimate of drug-likeness (QED) is 0.514. The van der Waals surface area contributed by atoms with E-state index in [1.54, 1.807) is 0 Å². The van der Waals surface area contributed by atoms with E-state index in [0.29, 0.717) is 12.2 Å². The summed E-state index contributed by atoms with van der Waals surface area (Å²) in [6, 6.07) is 22.2. The SMILES string of the molecule is Cc1cc(C)c(NC(=O)CSC2=Nc3ccccc3N=C(c3ccccc3)C2)c(C)c1.